The molecule has 9 heteroatoms. The van der Waals surface area contributed by atoms with E-state index in [1.54, 1.807) is 12.1 Å². The lowest BCUT2D eigenvalue weighted by molar-refractivity contribution is -0.137. The number of carbonyl (C=O) groups is 1. The number of thioether (sulfide) groups is 1. The predicted molar refractivity (Wildman–Crippen MR) is 70.7 cm³/mol. The van der Waals surface area contributed by atoms with Gasteiger partial charge in [0.05, 0.1) is 0 Å². The number of aliphatic carboxylic acids is 1. The number of anilines is 1. The highest BCUT2D eigenvalue weighted by molar-refractivity contribution is 8.03. The van der Waals surface area contributed by atoms with Crippen molar-refractivity contribution in [1.82, 2.24) is 4.31 Å². The Morgan fingerprint density at radius 1 is 1.47 bits per heavy atom. The zero-order valence-corrected chi connectivity index (χ0v) is 11.5. The normalized spacial score (nSPS) is 11.0. The minimum absolute atomic E-state index is 0.291. The molecule has 1 aromatic carbocycles. The molecule has 19 heavy (non-hydrogen) atoms. The summed E-state index contributed by atoms with van der Waals surface area (Å²) < 4.78 is 26.4. The maximum atomic E-state index is 11.7. The fourth-order valence-electron chi connectivity index (χ4n) is 1.15. The SMILES string of the molecule is CN(CC(=O)O)S(=O)(=O)Nc1ccc(SC#N)cc1. The Labute approximate surface area is 115 Å². The van der Waals surface area contributed by atoms with Crippen LogP contribution in [-0.2, 0) is 15.0 Å². The number of nitriles is 1. The van der Waals surface area contributed by atoms with Crippen LogP contribution in [-0.4, -0.2) is 37.4 Å². The van der Waals surface area contributed by atoms with E-state index in [9.17, 15) is 13.2 Å². The Morgan fingerprint density at radius 2 is 2.05 bits per heavy atom. The number of thiocyanates is 1. The molecule has 0 atom stereocenters. The fraction of sp³-hybridized carbons (Fsp3) is 0.200. The monoisotopic (exact) mass is 301 g/mol. The number of hydrogen-bond acceptors (Lipinski definition) is 5. The lowest BCUT2D eigenvalue weighted by atomic mass is 10.3. The molecule has 0 spiro atoms. The summed E-state index contributed by atoms with van der Waals surface area (Å²) in [4.78, 5) is 11.1. The summed E-state index contributed by atoms with van der Waals surface area (Å²) in [5, 5.41) is 18.9. The first-order valence-corrected chi connectivity index (χ1v) is 7.22. The van der Waals surface area contributed by atoms with Gasteiger partial charge in [-0.3, -0.25) is 9.52 Å². The van der Waals surface area contributed by atoms with E-state index in [0.29, 0.717) is 14.9 Å². The van der Waals surface area contributed by atoms with Gasteiger partial charge in [0, 0.05) is 17.6 Å². The minimum Gasteiger partial charge on any atom is -0.480 e. The average molecular weight is 301 g/mol. The Balaban J connectivity index is 2.78. The highest BCUT2D eigenvalue weighted by Gasteiger charge is 2.19. The van der Waals surface area contributed by atoms with E-state index >= 15 is 0 Å². The Hall–Kier alpha value is -1.76. The van der Waals surface area contributed by atoms with Gasteiger partial charge in [-0.2, -0.15) is 18.0 Å². The highest BCUT2D eigenvalue weighted by atomic mass is 32.2. The maximum absolute atomic E-state index is 11.7. The molecule has 0 radical (unpaired) electrons. The summed E-state index contributed by atoms with van der Waals surface area (Å²) in [6.45, 7) is -0.627. The standard InChI is InChI=1S/C10H11N3O4S2/c1-13(6-10(14)15)19(16,17)12-8-2-4-9(5-3-8)18-7-11/h2-5,12H,6H2,1H3,(H,14,15). The van der Waals surface area contributed by atoms with E-state index in [-0.39, 0.29) is 0 Å². The first-order valence-electron chi connectivity index (χ1n) is 4.97. The topological polar surface area (TPSA) is 110 Å². The molecule has 1 aromatic rings. The van der Waals surface area contributed by atoms with Crippen LogP contribution >= 0.6 is 11.8 Å². The van der Waals surface area contributed by atoms with Gasteiger partial charge in [-0.1, -0.05) is 0 Å². The molecule has 1 rings (SSSR count). The number of carboxylic acid groups (broad SMARTS) is 1. The number of benzene rings is 1. The first-order chi connectivity index (χ1) is 8.85. The van der Waals surface area contributed by atoms with Crippen molar-refractivity contribution in [3.05, 3.63) is 24.3 Å². The molecule has 0 saturated carbocycles. The molecule has 0 aliphatic heterocycles. The molecular formula is C10H11N3O4S2. The van der Waals surface area contributed by atoms with Crippen molar-refractivity contribution in [2.24, 2.45) is 0 Å². The molecule has 0 bridgehead atoms. The van der Waals surface area contributed by atoms with E-state index < -0.39 is 22.7 Å². The lowest BCUT2D eigenvalue weighted by Crippen LogP contribution is -2.36. The van der Waals surface area contributed by atoms with Crippen molar-refractivity contribution in [1.29, 1.82) is 5.26 Å². The summed E-state index contributed by atoms with van der Waals surface area (Å²) in [5.41, 5.74) is 0.291. The van der Waals surface area contributed by atoms with Crippen molar-refractivity contribution in [3.8, 4) is 5.40 Å². The van der Waals surface area contributed by atoms with Crippen molar-refractivity contribution in [2.45, 2.75) is 4.90 Å². The van der Waals surface area contributed by atoms with Gasteiger partial charge in [-0.25, -0.2) is 0 Å². The van der Waals surface area contributed by atoms with E-state index in [1.165, 1.54) is 12.1 Å². The molecule has 0 heterocycles. The van der Waals surface area contributed by atoms with Gasteiger partial charge in [0.25, 0.3) is 0 Å². The second-order valence-electron chi connectivity index (χ2n) is 3.47. The van der Waals surface area contributed by atoms with Gasteiger partial charge >= 0.3 is 16.2 Å². The zero-order valence-electron chi connectivity index (χ0n) is 9.90. The van der Waals surface area contributed by atoms with Crippen molar-refractivity contribution in [3.63, 3.8) is 0 Å². The minimum atomic E-state index is -3.90. The maximum Gasteiger partial charge on any atom is 0.318 e. The van der Waals surface area contributed by atoms with Crippen LogP contribution in [0.5, 0.6) is 0 Å². The number of likely N-dealkylation sites (N-methyl/N-ethyl adjacent to an activating group) is 1. The number of carboxylic acids is 1. The third kappa shape index (κ3) is 4.78. The summed E-state index contributed by atoms with van der Waals surface area (Å²) in [7, 11) is -2.74. The second-order valence-corrected chi connectivity index (χ2v) is 6.11. The molecule has 0 fully saturated rings. The number of hydrogen-bond donors (Lipinski definition) is 2. The van der Waals surface area contributed by atoms with Crippen molar-refractivity contribution in [2.75, 3.05) is 18.3 Å². The Bertz CT molecular complexity index is 592. The Kier molecular flexibility index (Phi) is 5.17. The van der Waals surface area contributed by atoms with Crippen LogP contribution in [0.15, 0.2) is 29.2 Å². The summed E-state index contributed by atoms with van der Waals surface area (Å²) >= 11 is 0.957. The molecule has 0 aromatic heterocycles. The molecule has 0 unspecified atom stereocenters. The third-order valence-corrected chi connectivity index (χ3v) is 4.08. The molecule has 102 valence electrons. The van der Waals surface area contributed by atoms with Gasteiger partial charge in [0.1, 0.15) is 11.9 Å². The van der Waals surface area contributed by atoms with Gasteiger partial charge < -0.3 is 5.11 Å². The van der Waals surface area contributed by atoms with E-state index in [0.717, 1.165) is 18.8 Å². The summed E-state index contributed by atoms with van der Waals surface area (Å²) in [5.74, 6) is -1.24. The van der Waals surface area contributed by atoms with Gasteiger partial charge in [-0.15, -0.1) is 0 Å². The number of nitrogens with one attached hydrogen (secondary N) is 1. The molecule has 0 saturated heterocycles. The highest BCUT2D eigenvalue weighted by Crippen LogP contribution is 2.19. The van der Waals surface area contributed by atoms with E-state index in [1.807, 2.05) is 5.40 Å². The van der Waals surface area contributed by atoms with Crippen LogP contribution in [0.25, 0.3) is 0 Å². The molecule has 0 amide bonds. The van der Waals surface area contributed by atoms with Crippen LogP contribution in [0.3, 0.4) is 0 Å². The molecular weight excluding hydrogens is 290 g/mol. The molecule has 2 N–H and O–H groups in total. The summed E-state index contributed by atoms with van der Waals surface area (Å²) in [6, 6.07) is 6.16. The number of nitrogens with zero attached hydrogens (tertiary/aromatic N) is 2. The predicted octanol–water partition coefficient (Wildman–Crippen LogP) is 0.933. The first kappa shape index (κ1) is 15.3. The quantitative estimate of drug-likeness (QED) is 0.597. The lowest BCUT2D eigenvalue weighted by Gasteiger charge is -2.16. The van der Waals surface area contributed by atoms with Crippen LogP contribution in [0.4, 0.5) is 5.69 Å². The van der Waals surface area contributed by atoms with Gasteiger partial charge in [0.2, 0.25) is 0 Å². The fourth-order valence-corrected chi connectivity index (χ4v) is 2.39. The number of rotatable bonds is 6. The zero-order chi connectivity index (χ0) is 14.5. The molecule has 0 aliphatic carbocycles. The van der Waals surface area contributed by atoms with Gasteiger partial charge in [0.15, 0.2) is 0 Å². The third-order valence-electron chi connectivity index (χ3n) is 2.03. The molecule has 0 aliphatic rings. The van der Waals surface area contributed by atoms with E-state index in [4.69, 9.17) is 10.4 Å². The van der Waals surface area contributed by atoms with Crippen molar-refractivity contribution < 1.29 is 18.3 Å². The second kappa shape index (κ2) is 6.42. The largest absolute Gasteiger partial charge is 0.480 e. The smallest absolute Gasteiger partial charge is 0.318 e. The van der Waals surface area contributed by atoms with Crippen LogP contribution in [0.1, 0.15) is 0 Å². The summed E-state index contributed by atoms with van der Waals surface area (Å²) in [6.07, 6.45) is 0. The average Bonchev–Trinajstić information content (AvgIpc) is 2.31. The van der Waals surface area contributed by atoms with Crippen LogP contribution < -0.4 is 4.72 Å². The van der Waals surface area contributed by atoms with Gasteiger partial charge in [-0.05, 0) is 36.0 Å². The van der Waals surface area contributed by atoms with E-state index in [2.05, 4.69) is 4.72 Å². The van der Waals surface area contributed by atoms with Crippen LogP contribution in [0, 0.1) is 10.7 Å². The van der Waals surface area contributed by atoms with Crippen molar-refractivity contribution >= 4 is 33.6 Å². The Morgan fingerprint density at radius 3 is 2.53 bits per heavy atom. The molecule has 7 nitrogen and oxygen atoms in total. The van der Waals surface area contributed by atoms with Crippen LogP contribution in [0.2, 0.25) is 0 Å².